The van der Waals surface area contributed by atoms with Crippen molar-refractivity contribution in [3.05, 3.63) is 46.8 Å². The maximum absolute atomic E-state index is 6.00. The highest BCUT2D eigenvalue weighted by Crippen LogP contribution is 2.25. The van der Waals surface area contributed by atoms with Crippen molar-refractivity contribution in [3.63, 3.8) is 0 Å². The second-order valence-corrected chi connectivity index (χ2v) is 5.87. The Kier molecular flexibility index (Phi) is 4.46. The zero-order valence-corrected chi connectivity index (χ0v) is 13.4. The quantitative estimate of drug-likeness (QED) is 0.891. The molecule has 0 saturated heterocycles. The van der Waals surface area contributed by atoms with Crippen LogP contribution in [0.3, 0.4) is 0 Å². The van der Waals surface area contributed by atoms with Gasteiger partial charge in [0.25, 0.3) is 0 Å². The molecular weight excluding hydrogens is 260 g/mol. The highest BCUT2D eigenvalue weighted by atomic mass is 15.1. The molecule has 2 aromatic rings. The summed E-state index contributed by atoms with van der Waals surface area (Å²) >= 11 is 0. The molecule has 1 aromatic carbocycles. The van der Waals surface area contributed by atoms with Gasteiger partial charge in [0, 0.05) is 17.5 Å². The van der Waals surface area contributed by atoms with E-state index < -0.39 is 0 Å². The van der Waals surface area contributed by atoms with Crippen LogP contribution in [0.25, 0.3) is 0 Å². The van der Waals surface area contributed by atoms with Crippen LogP contribution in [-0.4, -0.2) is 9.97 Å². The first-order chi connectivity index (χ1) is 9.88. The fourth-order valence-corrected chi connectivity index (χ4v) is 2.09. The number of nitrogen functional groups attached to an aromatic ring is 1. The van der Waals surface area contributed by atoms with Crippen LogP contribution >= 0.6 is 0 Å². The molecule has 4 nitrogen and oxygen atoms in total. The molecule has 0 spiro atoms. The molecule has 0 aliphatic heterocycles. The Morgan fingerprint density at radius 3 is 2.19 bits per heavy atom. The molecule has 0 aliphatic rings. The lowest BCUT2D eigenvalue weighted by Crippen LogP contribution is -2.13. The molecule has 1 heterocycles. The summed E-state index contributed by atoms with van der Waals surface area (Å²) in [6.07, 6.45) is 0. The molecule has 1 aromatic heterocycles. The van der Waals surface area contributed by atoms with E-state index in [1.165, 1.54) is 11.1 Å². The van der Waals surface area contributed by atoms with E-state index in [-0.39, 0.29) is 12.0 Å². The first-order valence-corrected chi connectivity index (χ1v) is 7.35. The van der Waals surface area contributed by atoms with Gasteiger partial charge in [0.1, 0.15) is 17.5 Å². The van der Waals surface area contributed by atoms with Crippen LogP contribution in [0.4, 0.5) is 11.6 Å². The predicted molar refractivity (Wildman–Crippen MR) is 88.5 cm³/mol. The van der Waals surface area contributed by atoms with Gasteiger partial charge in [-0.3, -0.25) is 0 Å². The second kappa shape index (κ2) is 6.12. The molecule has 0 radical (unpaired) electrons. The molecule has 1 atom stereocenters. The normalized spacial score (nSPS) is 12.5. The molecule has 21 heavy (non-hydrogen) atoms. The van der Waals surface area contributed by atoms with E-state index in [1.807, 2.05) is 6.92 Å². The number of rotatable bonds is 4. The molecule has 0 bridgehead atoms. The number of nitrogens with one attached hydrogen (secondary N) is 1. The van der Waals surface area contributed by atoms with Gasteiger partial charge in [-0.15, -0.1) is 0 Å². The van der Waals surface area contributed by atoms with Crippen molar-refractivity contribution in [1.82, 2.24) is 9.97 Å². The first-order valence-electron chi connectivity index (χ1n) is 7.35. The third kappa shape index (κ3) is 3.51. The average molecular weight is 284 g/mol. The lowest BCUT2D eigenvalue weighted by molar-refractivity contribution is 0.768. The summed E-state index contributed by atoms with van der Waals surface area (Å²) in [5.41, 5.74) is 9.39. The highest BCUT2D eigenvalue weighted by molar-refractivity contribution is 5.56. The van der Waals surface area contributed by atoms with E-state index in [0.717, 1.165) is 17.2 Å². The third-order valence-electron chi connectivity index (χ3n) is 3.65. The van der Waals surface area contributed by atoms with E-state index in [9.17, 15) is 0 Å². The van der Waals surface area contributed by atoms with Gasteiger partial charge in [0.2, 0.25) is 0 Å². The van der Waals surface area contributed by atoms with Gasteiger partial charge in [0.05, 0.1) is 0 Å². The number of aromatic nitrogens is 2. The largest absolute Gasteiger partial charge is 0.383 e. The minimum Gasteiger partial charge on any atom is -0.383 e. The zero-order valence-electron chi connectivity index (χ0n) is 13.4. The summed E-state index contributed by atoms with van der Waals surface area (Å²) < 4.78 is 0. The van der Waals surface area contributed by atoms with Crippen molar-refractivity contribution in [2.45, 2.75) is 46.6 Å². The van der Waals surface area contributed by atoms with E-state index in [2.05, 4.69) is 67.2 Å². The molecular formula is C17H24N4. The Balaban J connectivity index is 2.28. The minimum absolute atomic E-state index is 0.165. The van der Waals surface area contributed by atoms with Gasteiger partial charge >= 0.3 is 0 Å². The van der Waals surface area contributed by atoms with E-state index in [1.54, 1.807) is 0 Å². The molecule has 0 fully saturated rings. The van der Waals surface area contributed by atoms with Crippen molar-refractivity contribution in [3.8, 4) is 0 Å². The van der Waals surface area contributed by atoms with Crippen LogP contribution in [0.15, 0.2) is 24.3 Å². The van der Waals surface area contributed by atoms with Crippen LogP contribution in [0, 0.1) is 13.8 Å². The zero-order chi connectivity index (χ0) is 15.6. The summed E-state index contributed by atoms with van der Waals surface area (Å²) in [6, 6.07) is 8.67. The van der Waals surface area contributed by atoms with Crippen LogP contribution < -0.4 is 11.1 Å². The summed E-state index contributed by atoms with van der Waals surface area (Å²) in [4.78, 5) is 8.96. The van der Waals surface area contributed by atoms with Crippen molar-refractivity contribution < 1.29 is 0 Å². The van der Waals surface area contributed by atoms with E-state index in [0.29, 0.717) is 5.82 Å². The average Bonchev–Trinajstić information content (AvgIpc) is 2.44. The van der Waals surface area contributed by atoms with Gasteiger partial charge in [-0.1, -0.05) is 43.7 Å². The molecule has 2 rings (SSSR count). The fraction of sp³-hybridized carbons (Fsp3) is 0.412. The van der Waals surface area contributed by atoms with Crippen molar-refractivity contribution in [1.29, 1.82) is 0 Å². The number of benzene rings is 1. The fourth-order valence-electron chi connectivity index (χ4n) is 2.09. The Labute approximate surface area is 126 Å². The van der Waals surface area contributed by atoms with Crippen molar-refractivity contribution in [2.75, 3.05) is 11.1 Å². The maximum Gasteiger partial charge on any atom is 0.135 e. The smallest absolute Gasteiger partial charge is 0.135 e. The van der Waals surface area contributed by atoms with Crippen molar-refractivity contribution >= 4 is 11.6 Å². The monoisotopic (exact) mass is 284 g/mol. The van der Waals surface area contributed by atoms with Crippen LogP contribution in [-0.2, 0) is 0 Å². The molecule has 112 valence electrons. The Morgan fingerprint density at radius 1 is 1.00 bits per heavy atom. The highest BCUT2D eigenvalue weighted by Gasteiger charge is 2.13. The topological polar surface area (TPSA) is 63.8 Å². The molecule has 0 amide bonds. The third-order valence-corrected chi connectivity index (χ3v) is 3.65. The number of nitrogens with zero attached hydrogens (tertiary/aromatic N) is 2. The summed E-state index contributed by atoms with van der Waals surface area (Å²) in [6.45, 7) is 10.3. The summed E-state index contributed by atoms with van der Waals surface area (Å²) in [5.74, 6) is 2.39. The summed E-state index contributed by atoms with van der Waals surface area (Å²) in [7, 11) is 0. The molecule has 3 N–H and O–H groups in total. The lowest BCUT2D eigenvalue weighted by atomic mass is 10.1. The molecule has 0 saturated carbocycles. The Bertz CT molecular complexity index is 617. The van der Waals surface area contributed by atoms with Gasteiger partial charge < -0.3 is 11.1 Å². The number of hydrogen-bond donors (Lipinski definition) is 2. The van der Waals surface area contributed by atoms with Gasteiger partial charge in [-0.2, -0.15) is 0 Å². The molecule has 0 aliphatic carbocycles. The van der Waals surface area contributed by atoms with Gasteiger partial charge in [-0.05, 0) is 26.3 Å². The van der Waals surface area contributed by atoms with Crippen LogP contribution in [0.1, 0.15) is 55.2 Å². The molecule has 1 unspecified atom stereocenters. The second-order valence-electron chi connectivity index (χ2n) is 5.87. The van der Waals surface area contributed by atoms with Crippen molar-refractivity contribution in [2.24, 2.45) is 0 Å². The SMILES string of the molecule is Cc1ccc(C(C)Nc2nc(C(C)C)nc(N)c2C)cc1. The Hall–Kier alpha value is -2.10. The number of nitrogens with two attached hydrogens (primary N) is 1. The maximum atomic E-state index is 6.00. The number of hydrogen-bond acceptors (Lipinski definition) is 4. The van der Waals surface area contributed by atoms with Gasteiger partial charge in [0.15, 0.2) is 0 Å². The number of anilines is 2. The Morgan fingerprint density at radius 2 is 1.62 bits per heavy atom. The predicted octanol–water partition coefficient (Wildman–Crippen LogP) is 3.97. The van der Waals surface area contributed by atoms with Crippen LogP contribution in [0.2, 0.25) is 0 Å². The van der Waals surface area contributed by atoms with E-state index >= 15 is 0 Å². The van der Waals surface area contributed by atoms with E-state index in [4.69, 9.17) is 5.73 Å². The van der Waals surface area contributed by atoms with Crippen LogP contribution in [0.5, 0.6) is 0 Å². The molecule has 4 heteroatoms. The minimum atomic E-state index is 0.165. The summed E-state index contributed by atoms with van der Waals surface area (Å²) in [5, 5.41) is 3.45. The first kappa shape index (κ1) is 15.3. The standard InChI is InChI=1S/C17H24N4/c1-10(2)16-20-15(18)12(4)17(21-16)19-13(5)14-8-6-11(3)7-9-14/h6-10,13H,1-5H3,(H3,18,19,20,21). The lowest BCUT2D eigenvalue weighted by Gasteiger charge is -2.19. The van der Waals surface area contributed by atoms with Gasteiger partial charge in [-0.25, -0.2) is 9.97 Å². The number of aryl methyl sites for hydroxylation is 1.